The Morgan fingerprint density at radius 1 is 1.24 bits per heavy atom. The van der Waals surface area contributed by atoms with Crippen molar-refractivity contribution in [2.24, 2.45) is 0 Å². The van der Waals surface area contributed by atoms with Gasteiger partial charge in [0.25, 0.3) is 0 Å². The van der Waals surface area contributed by atoms with Crippen LogP contribution in [0.2, 0.25) is 5.35 Å². The second kappa shape index (κ2) is 3.99. The Hall–Kier alpha value is -1.63. The lowest BCUT2D eigenvalue weighted by Crippen LogP contribution is -2.07. The number of alkyl halides is 3. The van der Waals surface area contributed by atoms with Crippen LogP contribution in [0.3, 0.4) is 0 Å². The molecule has 0 aliphatic heterocycles. The molecule has 0 radical (unpaired) electrons. The molecule has 0 spiro atoms. The van der Waals surface area contributed by atoms with E-state index in [-0.39, 0.29) is 0 Å². The van der Waals surface area contributed by atoms with Gasteiger partial charge in [-0.1, -0.05) is 5.16 Å². The minimum absolute atomic E-state index is 0.415. The summed E-state index contributed by atoms with van der Waals surface area (Å²) in [7, 11) is 0. The van der Waals surface area contributed by atoms with Gasteiger partial charge in [0.1, 0.15) is 5.82 Å². The summed E-state index contributed by atoms with van der Waals surface area (Å²) in [6.45, 7) is 0. The molecule has 17 heavy (non-hydrogen) atoms. The SMILES string of the molecule is Fc1ccc(C(F)(F)F)c(-c2noc(Cl)n2)c1. The van der Waals surface area contributed by atoms with Crippen molar-refractivity contribution in [3.05, 3.63) is 34.9 Å². The molecule has 0 amide bonds. The van der Waals surface area contributed by atoms with E-state index in [1.54, 1.807) is 0 Å². The first-order valence-electron chi connectivity index (χ1n) is 4.24. The molecule has 2 rings (SSSR count). The van der Waals surface area contributed by atoms with Crippen molar-refractivity contribution in [1.29, 1.82) is 0 Å². The predicted molar refractivity (Wildman–Crippen MR) is 49.7 cm³/mol. The number of benzene rings is 1. The average molecular weight is 267 g/mol. The fourth-order valence-corrected chi connectivity index (χ4v) is 1.38. The maximum Gasteiger partial charge on any atom is 0.417 e. The molecule has 0 saturated heterocycles. The summed E-state index contributed by atoms with van der Waals surface area (Å²) in [5.41, 5.74) is -1.58. The molecule has 0 aliphatic carbocycles. The van der Waals surface area contributed by atoms with Crippen molar-refractivity contribution in [1.82, 2.24) is 10.1 Å². The van der Waals surface area contributed by atoms with Crippen LogP contribution in [0.25, 0.3) is 11.4 Å². The van der Waals surface area contributed by atoms with E-state index in [1.165, 1.54) is 0 Å². The summed E-state index contributed by atoms with van der Waals surface area (Å²) in [5.74, 6) is -1.25. The number of nitrogens with zero attached hydrogens (tertiary/aromatic N) is 2. The molecular formula is C9H3ClF4N2O. The van der Waals surface area contributed by atoms with Crippen LogP contribution in [-0.4, -0.2) is 10.1 Å². The first kappa shape index (κ1) is 11.8. The number of hydrogen-bond donors (Lipinski definition) is 0. The van der Waals surface area contributed by atoms with Crippen LogP contribution in [0, 0.1) is 5.82 Å². The van der Waals surface area contributed by atoms with Crippen LogP contribution in [0.5, 0.6) is 0 Å². The molecule has 0 bridgehead atoms. The standard InChI is InChI=1S/C9H3ClF4N2O/c10-8-15-7(16-17-8)5-3-4(11)1-2-6(5)9(12,13)14/h1-3H. The van der Waals surface area contributed by atoms with Gasteiger partial charge in [0.05, 0.1) is 5.56 Å². The molecule has 0 fully saturated rings. The number of hydrogen-bond acceptors (Lipinski definition) is 3. The molecule has 90 valence electrons. The van der Waals surface area contributed by atoms with E-state index in [4.69, 9.17) is 11.6 Å². The smallest absolute Gasteiger partial charge is 0.321 e. The first-order chi connectivity index (χ1) is 7.88. The summed E-state index contributed by atoms with van der Waals surface area (Å²) in [4.78, 5) is 3.42. The van der Waals surface area contributed by atoms with Crippen molar-refractivity contribution < 1.29 is 22.1 Å². The number of rotatable bonds is 1. The molecule has 1 aromatic heterocycles. The molecule has 0 saturated carbocycles. The monoisotopic (exact) mass is 266 g/mol. The Morgan fingerprint density at radius 2 is 1.94 bits per heavy atom. The maximum atomic E-state index is 12.9. The van der Waals surface area contributed by atoms with E-state index in [0.29, 0.717) is 18.2 Å². The van der Waals surface area contributed by atoms with Crippen LogP contribution in [-0.2, 0) is 6.18 Å². The highest BCUT2D eigenvalue weighted by atomic mass is 35.5. The maximum absolute atomic E-state index is 12.9. The van der Waals surface area contributed by atoms with E-state index in [0.717, 1.165) is 0 Å². The largest absolute Gasteiger partial charge is 0.417 e. The average Bonchev–Trinajstić information content (AvgIpc) is 2.62. The quantitative estimate of drug-likeness (QED) is 0.741. The van der Waals surface area contributed by atoms with Crippen LogP contribution in [0.4, 0.5) is 17.6 Å². The molecular weight excluding hydrogens is 264 g/mol. The van der Waals surface area contributed by atoms with E-state index >= 15 is 0 Å². The first-order valence-corrected chi connectivity index (χ1v) is 4.62. The molecule has 0 N–H and O–H groups in total. The van der Waals surface area contributed by atoms with Crippen molar-refractivity contribution >= 4 is 11.6 Å². The Bertz CT molecular complexity index is 552. The summed E-state index contributed by atoms with van der Waals surface area (Å²) >= 11 is 5.30. The Kier molecular flexibility index (Phi) is 2.78. The van der Waals surface area contributed by atoms with Gasteiger partial charge in [-0.15, -0.1) is 0 Å². The van der Waals surface area contributed by atoms with Crippen LogP contribution >= 0.6 is 11.6 Å². The molecule has 1 aromatic carbocycles. The van der Waals surface area contributed by atoms with Gasteiger partial charge in [0, 0.05) is 5.56 Å². The second-order valence-corrected chi connectivity index (χ2v) is 3.38. The normalized spacial score (nSPS) is 11.8. The molecule has 2 aromatic rings. The van der Waals surface area contributed by atoms with Gasteiger partial charge >= 0.3 is 11.5 Å². The lowest BCUT2D eigenvalue weighted by Gasteiger charge is -2.09. The molecule has 0 aliphatic rings. The van der Waals surface area contributed by atoms with Crippen molar-refractivity contribution in [2.45, 2.75) is 6.18 Å². The topological polar surface area (TPSA) is 38.9 Å². The molecule has 8 heteroatoms. The summed E-state index contributed by atoms with van der Waals surface area (Å²) in [6, 6.07) is 1.98. The van der Waals surface area contributed by atoms with Crippen LogP contribution < -0.4 is 0 Å². The third-order valence-corrected chi connectivity index (χ3v) is 2.08. The summed E-state index contributed by atoms with van der Waals surface area (Å²) < 4.78 is 55.2. The van der Waals surface area contributed by atoms with Crippen molar-refractivity contribution in [3.63, 3.8) is 0 Å². The third kappa shape index (κ3) is 2.38. The highest BCUT2D eigenvalue weighted by Crippen LogP contribution is 2.36. The number of aromatic nitrogens is 2. The third-order valence-electron chi connectivity index (χ3n) is 1.93. The molecule has 1 heterocycles. The van der Waals surface area contributed by atoms with Gasteiger partial charge in [-0.25, -0.2) is 4.39 Å². The van der Waals surface area contributed by atoms with E-state index in [9.17, 15) is 17.6 Å². The molecule has 0 unspecified atom stereocenters. The second-order valence-electron chi connectivity index (χ2n) is 3.06. The zero-order chi connectivity index (χ0) is 12.6. The highest BCUT2D eigenvalue weighted by Gasteiger charge is 2.35. The minimum atomic E-state index is -4.64. The Labute approximate surface area is 97.0 Å². The predicted octanol–water partition coefficient (Wildman–Crippen LogP) is 3.55. The fraction of sp³-hybridized carbons (Fsp3) is 0.111. The van der Waals surface area contributed by atoms with Gasteiger partial charge in [0.15, 0.2) is 0 Å². The van der Waals surface area contributed by atoms with Gasteiger partial charge in [-0.05, 0) is 29.8 Å². The Balaban J connectivity index is 2.63. The van der Waals surface area contributed by atoms with Crippen molar-refractivity contribution in [3.8, 4) is 11.4 Å². The fourth-order valence-electron chi connectivity index (χ4n) is 1.26. The zero-order valence-corrected chi connectivity index (χ0v) is 8.68. The Morgan fingerprint density at radius 3 is 2.47 bits per heavy atom. The van der Waals surface area contributed by atoms with Gasteiger partial charge in [-0.3, -0.25) is 0 Å². The molecule has 3 nitrogen and oxygen atoms in total. The lowest BCUT2D eigenvalue weighted by molar-refractivity contribution is -0.137. The summed E-state index contributed by atoms with van der Waals surface area (Å²) in [6.07, 6.45) is -4.64. The number of halogens is 5. The van der Waals surface area contributed by atoms with Crippen LogP contribution in [0.15, 0.2) is 22.7 Å². The lowest BCUT2D eigenvalue weighted by atomic mass is 10.1. The van der Waals surface area contributed by atoms with Gasteiger partial charge in [0.2, 0.25) is 5.82 Å². The summed E-state index contributed by atoms with van der Waals surface area (Å²) in [5, 5.41) is 2.80. The minimum Gasteiger partial charge on any atom is -0.321 e. The van der Waals surface area contributed by atoms with E-state index in [1.807, 2.05) is 0 Å². The van der Waals surface area contributed by atoms with E-state index < -0.39 is 34.3 Å². The van der Waals surface area contributed by atoms with Gasteiger partial charge < -0.3 is 4.52 Å². The molecule has 0 atom stereocenters. The zero-order valence-electron chi connectivity index (χ0n) is 7.92. The van der Waals surface area contributed by atoms with Crippen molar-refractivity contribution in [2.75, 3.05) is 0 Å². The van der Waals surface area contributed by atoms with E-state index in [2.05, 4.69) is 14.7 Å². The van der Waals surface area contributed by atoms with Crippen LogP contribution in [0.1, 0.15) is 5.56 Å². The van der Waals surface area contributed by atoms with Gasteiger partial charge in [-0.2, -0.15) is 18.2 Å². The highest BCUT2D eigenvalue weighted by molar-refractivity contribution is 6.27.